The van der Waals surface area contributed by atoms with Gasteiger partial charge in [0.05, 0.1) is 9.16 Å². The molecule has 15 heavy (non-hydrogen) atoms. The number of thiophene rings is 1. The lowest BCUT2D eigenvalue weighted by Crippen LogP contribution is -2.05. The Morgan fingerprint density at radius 2 is 2.13 bits per heavy atom. The van der Waals surface area contributed by atoms with E-state index in [1.54, 1.807) is 11.3 Å². The molecule has 0 amide bonds. The zero-order chi connectivity index (χ0) is 11.3. The molecule has 2 atom stereocenters. The molecule has 0 saturated carbocycles. The molecule has 0 fully saturated rings. The molecule has 0 radical (unpaired) electrons. The molecular formula is C12H18BrClS. The molecule has 1 rings (SSSR count). The van der Waals surface area contributed by atoms with Gasteiger partial charge in [-0.15, -0.1) is 11.3 Å². The third kappa shape index (κ3) is 4.08. The lowest BCUT2D eigenvalue weighted by Gasteiger charge is -2.19. The summed E-state index contributed by atoms with van der Waals surface area (Å²) in [6.45, 7) is 4.52. The van der Waals surface area contributed by atoms with E-state index in [0.29, 0.717) is 4.83 Å². The van der Waals surface area contributed by atoms with Gasteiger partial charge in [-0.25, -0.2) is 0 Å². The second-order valence-corrected chi connectivity index (χ2v) is 6.59. The molecule has 2 unspecified atom stereocenters. The maximum atomic E-state index is 5.95. The van der Waals surface area contributed by atoms with Crippen molar-refractivity contribution in [1.82, 2.24) is 0 Å². The SMILES string of the molecule is CCCCC(CC)C(Br)c1ccc(Cl)s1. The van der Waals surface area contributed by atoms with Gasteiger partial charge in [0.15, 0.2) is 0 Å². The summed E-state index contributed by atoms with van der Waals surface area (Å²) < 4.78 is 0.889. The Labute approximate surface area is 110 Å². The van der Waals surface area contributed by atoms with Crippen molar-refractivity contribution in [3.8, 4) is 0 Å². The molecule has 0 aliphatic heterocycles. The van der Waals surface area contributed by atoms with E-state index >= 15 is 0 Å². The van der Waals surface area contributed by atoms with Crippen molar-refractivity contribution >= 4 is 38.9 Å². The first-order chi connectivity index (χ1) is 7.19. The maximum absolute atomic E-state index is 5.95. The van der Waals surface area contributed by atoms with Crippen molar-refractivity contribution in [2.45, 2.75) is 44.4 Å². The smallest absolute Gasteiger partial charge is 0.0931 e. The number of hydrogen-bond donors (Lipinski definition) is 0. The van der Waals surface area contributed by atoms with E-state index < -0.39 is 0 Å². The Balaban J connectivity index is 2.59. The first-order valence-corrected chi connectivity index (χ1v) is 7.69. The van der Waals surface area contributed by atoms with E-state index in [2.05, 4.69) is 35.8 Å². The molecule has 0 bridgehead atoms. The highest BCUT2D eigenvalue weighted by Gasteiger charge is 2.19. The summed E-state index contributed by atoms with van der Waals surface area (Å²) in [4.78, 5) is 1.84. The Bertz CT molecular complexity index is 285. The average molecular weight is 310 g/mol. The molecule has 86 valence electrons. The summed E-state index contributed by atoms with van der Waals surface area (Å²) in [5, 5.41) is 0. The summed E-state index contributed by atoms with van der Waals surface area (Å²) in [5.74, 6) is 0.736. The Morgan fingerprint density at radius 1 is 1.40 bits per heavy atom. The highest BCUT2D eigenvalue weighted by molar-refractivity contribution is 9.09. The molecule has 1 aromatic rings. The average Bonchev–Trinajstić information content (AvgIpc) is 2.65. The van der Waals surface area contributed by atoms with Gasteiger partial charge in [0, 0.05) is 4.88 Å². The summed E-state index contributed by atoms with van der Waals surface area (Å²) in [7, 11) is 0. The van der Waals surface area contributed by atoms with Crippen LogP contribution in [0.5, 0.6) is 0 Å². The minimum absolute atomic E-state index is 0.478. The largest absolute Gasteiger partial charge is 0.127 e. The standard InChI is InChI=1S/C12H18BrClS/c1-3-5-6-9(4-2)12(13)10-7-8-11(14)15-10/h7-9,12H,3-6H2,1-2H3. The zero-order valence-electron chi connectivity index (χ0n) is 9.30. The Morgan fingerprint density at radius 3 is 2.60 bits per heavy atom. The molecule has 3 heteroatoms. The Kier molecular flexibility index (Phi) is 6.25. The van der Waals surface area contributed by atoms with E-state index in [1.807, 2.05) is 6.07 Å². The van der Waals surface area contributed by atoms with Gasteiger partial charge in [0.25, 0.3) is 0 Å². The van der Waals surface area contributed by atoms with Gasteiger partial charge in [-0.1, -0.05) is 60.6 Å². The van der Waals surface area contributed by atoms with Crippen LogP contribution in [0.2, 0.25) is 4.34 Å². The summed E-state index contributed by atoms with van der Waals surface area (Å²) in [6, 6.07) is 4.13. The van der Waals surface area contributed by atoms with Gasteiger partial charge in [-0.2, -0.15) is 0 Å². The molecule has 1 heterocycles. The van der Waals surface area contributed by atoms with Gasteiger partial charge in [0.2, 0.25) is 0 Å². The number of halogens is 2. The molecule has 1 aromatic heterocycles. The molecule has 0 aliphatic carbocycles. The quantitative estimate of drug-likeness (QED) is 0.561. The van der Waals surface area contributed by atoms with Crippen LogP contribution in [-0.2, 0) is 0 Å². The van der Waals surface area contributed by atoms with E-state index in [4.69, 9.17) is 11.6 Å². The predicted molar refractivity (Wildman–Crippen MR) is 74.3 cm³/mol. The normalized spacial score (nSPS) is 15.2. The first kappa shape index (κ1) is 13.5. The van der Waals surface area contributed by atoms with E-state index in [1.165, 1.54) is 30.6 Å². The molecule has 0 nitrogen and oxygen atoms in total. The van der Waals surface area contributed by atoms with Crippen LogP contribution < -0.4 is 0 Å². The van der Waals surface area contributed by atoms with Crippen LogP contribution in [0, 0.1) is 5.92 Å². The first-order valence-electron chi connectivity index (χ1n) is 5.58. The van der Waals surface area contributed by atoms with Crippen LogP contribution in [-0.4, -0.2) is 0 Å². The number of rotatable bonds is 6. The fourth-order valence-corrected chi connectivity index (χ4v) is 3.94. The van der Waals surface area contributed by atoms with E-state index in [0.717, 1.165) is 10.3 Å². The van der Waals surface area contributed by atoms with Gasteiger partial charge >= 0.3 is 0 Å². The van der Waals surface area contributed by atoms with Crippen LogP contribution in [0.3, 0.4) is 0 Å². The third-order valence-electron chi connectivity index (χ3n) is 2.73. The summed E-state index contributed by atoms with van der Waals surface area (Å²) in [6.07, 6.45) is 5.13. The fraction of sp³-hybridized carbons (Fsp3) is 0.667. The second-order valence-electron chi connectivity index (χ2n) is 3.85. The topological polar surface area (TPSA) is 0 Å². The van der Waals surface area contributed by atoms with Crippen molar-refractivity contribution in [2.75, 3.05) is 0 Å². The zero-order valence-corrected chi connectivity index (χ0v) is 12.5. The van der Waals surface area contributed by atoms with Crippen LogP contribution in [0.1, 0.15) is 49.2 Å². The van der Waals surface area contributed by atoms with Gasteiger partial charge < -0.3 is 0 Å². The molecular weight excluding hydrogens is 292 g/mol. The lowest BCUT2D eigenvalue weighted by molar-refractivity contribution is 0.449. The summed E-state index contributed by atoms with van der Waals surface area (Å²) in [5.41, 5.74) is 0. The van der Waals surface area contributed by atoms with Crippen LogP contribution >= 0.6 is 38.9 Å². The highest BCUT2D eigenvalue weighted by atomic mass is 79.9. The van der Waals surface area contributed by atoms with Gasteiger partial charge in [-0.05, 0) is 24.5 Å². The van der Waals surface area contributed by atoms with Gasteiger partial charge in [-0.3, -0.25) is 0 Å². The fourth-order valence-electron chi connectivity index (χ4n) is 1.73. The maximum Gasteiger partial charge on any atom is 0.0931 e. The highest BCUT2D eigenvalue weighted by Crippen LogP contribution is 2.40. The van der Waals surface area contributed by atoms with E-state index in [-0.39, 0.29) is 0 Å². The van der Waals surface area contributed by atoms with Crippen molar-refractivity contribution < 1.29 is 0 Å². The molecule has 0 spiro atoms. The second kappa shape index (κ2) is 6.93. The Hall–Kier alpha value is 0.470. The van der Waals surface area contributed by atoms with Crippen LogP contribution in [0.4, 0.5) is 0 Å². The monoisotopic (exact) mass is 308 g/mol. The number of alkyl halides is 1. The minimum atomic E-state index is 0.478. The molecule has 0 aliphatic rings. The summed E-state index contributed by atoms with van der Waals surface area (Å²) >= 11 is 11.5. The number of unbranched alkanes of at least 4 members (excludes halogenated alkanes) is 1. The van der Waals surface area contributed by atoms with E-state index in [9.17, 15) is 0 Å². The van der Waals surface area contributed by atoms with Crippen molar-refractivity contribution in [2.24, 2.45) is 5.92 Å². The molecule has 0 saturated heterocycles. The van der Waals surface area contributed by atoms with Crippen molar-refractivity contribution in [3.63, 3.8) is 0 Å². The minimum Gasteiger partial charge on any atom is -0.127 e. The van der Waals surface area contributed by atoms with Crippen LogP contribution in [0.25, 0.3) is 0 Å². The predicted octanol–water partition coefficient (Wildman–Crippen LogP) is 6.05. The molecule has 0 aromatic carbocycles. The van der Waals surface area contributed by atoms with Crippen LogP contribution in [0.15, 0.2) is 12.1 Å². The number of hydrogen-bond acceptors (Lipinski definition) is 1. The van der Waals surface area contributed by atoms with Crippen molar-refractivity contribution in [1.29, 1.82) is 0 Å². The third-order valence-corrected chi connectivity index (χ3v) is 5.59. The van der Waals surface area contributed by atoms with Crippen molar-refractivity contribution in [3.05, 3.63) is 21.3 Å². The van der Waals surface area contributed by atoms with Gasteiger partial charge in [0.1, 0.15) is 0 Å². The molecule has 0 N–H and O–H groups in total. The lowest BCUT2D eigenvalue weighted by atomic mass is 9.95.